The van der Waals surface area contributed by atoms with Crippen LogP contribution < -0.4 is 0 Å². The van der Waals surface area contributed by atoms with Crippen LogP contribution in [0.3, 0.4) is 0 Å². The summed E-state index contributed by atoms with van der Waals surface area (Å²) < 4.78 is 0. The van der Waals surface area contributed by atoms with E-state index in [2.05, 4.69) is 20.8 Å². The van der Waals surface area contributed by atoms with E-state index in [4.69, 9.17) is 15.3 Å². The summed E-state index contributed by atoms with van der Waals surface area (Å²) in [6, 6.07) is 0. The van der Waals surface area contributed by atoms with Gasteiger partial charge in [0.05, 0.1) is 0 Å². The largest absolute Gasteiger partial charge is 0.396 e. The number of hydrogen-bond donors (Lipinski definition) is 3. The maximum atomic E-state index is 8.29. The molecule has 0 aromatic heterocycles. The monoisotopic (exact) mass is 306 g/mol. The van der Waals surface area contributed by atoms with Crippen LogP contribution in [0.1, 0.15) is 97.8 Å². The molecular weight excluding hydrogens is 264 g/mol. The van der Waals surface area contributed by atoms with Gasteiger partial charge in [-0.1, -0.05) is 78.6 Å². The molecule has 0 unspecified atom stereocenters. The lowest BCUT2D eigenvalue weighted by molar-refractivity contribution is 0.282. The van der Waals surface area contributed by atoms with Crippen molar-refractivity contribution < 1.29 is 15.3 Å². The summed E-state index contributed by atoms with van der Waals surface area (Å²) in [5, 5.41) is 24.9. The van der Waals surface area contributed by atoms with Crippen LogP contribution >= 0.6 is 0 Å². The molecule has 132 valence electrons. The Morgan fingerprint density at radius 3 is 0.762 bits per heavy atom. The molecule has 0 amide bonds. The molecule has 0 aromatic rings. The molecule has 0 rings (SSSR count). The highest BCUT2D eigenvalue weighted by atomic mass is 16.3. The van der Waals surface area contributed by atoms with E-state index in [0.717, 1.165) is 19.3 Å². The van der Waals surface area contributed by atoms with Gasteiger partial charge < -0.3 is 15.3 Å². The van der Waals surface area contributed by atoms with Crippen molar-refractivity contribution in [2.45, 2.75) is 97.8 Å². The average molecular weight is 307 g/mol. The van der Waals surface area contributed by atoms with Crippen LogP contribution in [0.4, 0.5) is 0 Å². The molecule has 0 aliphatic rings. The Morgan fingerprint density at radius 2 is 0.619 bits per heavy atom. The van der Waals surface area contributed by atoms with Crippen molar-refractivity contribution in [1.29, 1.82) is 0 Å². The summed E-state index contributed by atoms with van der Waals surface area (Å²) >= 11 is 0. The van der Waals surface area contributed by atoms with E-state index < -0.39 is 0 Å². The number of unbranched alkanes of at least 4 members (excludes halogenated alkanes) is 9. The molecule has 0 saturated heterocycles. The molecule has 3 N–H and O–H groups in total. The summed E-state index contributed by atoms with van der Waals surface area (Å²) in [6.45, 7) is 7.58. The van der Waals surface area contributed by atoms with E-state index in [9.17, 15) is 0 Å². The predicted octanol–water partition coefficient (Wildman–Crippen LogP) is 4.68. The Kier molecular flexibility index (Phi) is 39.3. The van der Waals surface area contributed by atoms with Gasteiger partial charge in [-0.25, -0.2) is 0 Å². The van der Waals surface area contributed by atoms with Gasteiger partial charge in [-0.3, -0.25) is 0 Å². The molecule has 0 saturated carbocycles. The first-order valence-corrected chi connectivity index (χ1v) is 9.07. The molecule has 3 heteroatoms. The first-order chi connectivity index (χ1) is 10.2. The second-order valence-electron chi connectivity index (χ2n) is 5.35. The predicted molar refractivity (Wildman–Crippen MR) is 93.7 cm³/mol. The Balaban J connectivity index is -0.000000231. The molecular formula is C18H42O3. The SMILES string of the molecule is CCCCCCO.CCCCCCO.CCCCCCO. The van der Waals surface area contributed by atoms with Gasteiger partial charge in [0, 0.05) is 19.8 Å². The van der Waals surface area contributed by atoms with E-state index in [1.807, 2.05) is 0 Å². The standard InChI is InChI=1S/3C6H14O/c3*1-2-3-4-5-6-7/h3*7H,2-6H2,1H3. The number of aliphatic hydroxyl groups excluding tert-OH is 3. The second-order valence-corrected chi connectivity index (χ2v) is 5.35. The van der Waals surface area contributed by atoms with Crippen LogP contribution in [0.25, 0.3) is 0 Å². The molecule has 0 radical (unpaired) electrons. The van der Waals surface area contributed by atoms with Crippen molar-refractivity contribution in [2.75, 3.05) is 19.8 Å². The average Bonchev–Trinajstić information content (AvgIpc) is 2.50. The summed E-state index contributed by atoms with van der Waals surface area (Å²) in [5.74, 6) is 0. The number of hydrogen-bond acceptors (Lipinski definition) is 3. The zero-order valence-electron chi connectivity index (χ0n) is 14.9. The summed E-state index contributed by atoms with van der Waals surface area (Å²) in [7, 11) is 0. The van der Waals surface area contributed by atoms with E-state index in [-0.39, 0.29) is 0 Å². The fourth-order valence-corrected chi connectivity index (χ4v) is 1.62. The maximum Gasteiger partial charge on any atom is 0.0431 e. The molecule has 3 nitrogen and oxygen atoms in total. The van der Waals surface area contributed by atoms with Crippen LogP contribution in [0, 0.1) is 0 Å². The smallest absolute Gasteiger partial charge is 0.0431 e. The van der Waals surface area contributed by atoms with Gasteiger partial charge in [-0.15, -0.1) is 0 Å². The van der Waals surface area contributed by atoms with Gasteiger partial charge >= 0.3 is 0 Å². The molecule has 0 spiro atoms. The van der Waals surface area contributed by atoms with Crippen molar-refractivity contribution >= 4 is 0 Å². The zero-order valence-corrected chi connectivity index (χ0v) is 14.9. The van der Waals surface area contributed by atoms with Crippen molar-refractivity contribution in [3.8, 4) is 0 Å². The lowest BCUT2D eigenvalue weighted by Crippen LogP contribution is -1.80. The van der Waals surface area contributed by atoms with E-state index in [1.54, 1.807) is 0 Å². The highest BCUT2D eigenvalue weighted by molar-refractivity contribution is 4.37. The van der Waals surface area contributed by atoms with Crippen LogP contribution in [0.5, 0.6) is 0 Å². The summed E-state index contributed by atoms with van der Waals surface area (Å²) in [5.41, 5.74) is 0. The lowest BCUT2D eigenvalue weighted by atomic mass is 10.2. The number of aliphatic hydroxyl groups is 3. The van der Waals surface area contributed by atoms with Gasteiger partial charge in [0.2, 0.25) is 0 Å². The quantitative estimate of drug-likeness (QED) is 0.459. The van der Waals surface area contributed by atoms with Crippen LogP contribution in [-0.2, 0) is 0 Å². The van der Waals surface area contributed by atoms with Gasteiger partial charge in [-0.2, -0.15) is 0 Å². The maximum absolute atomic E-state index is 8.29. The Hall–Kier alpha value is -0.120. The van der Waals surface area contributed by atoms with Crippen LogP contribution in [0.2, 0.25) is 0 Å². The molecule has 0 fully saturated rings. The van der Waals surface area contributed by atoms with E-state index in [1.165, 1.54) is 57.8 Å². The molecule has 0 heterocycles. The van der Waals surface area contributed by atoms with Crippen molar-refractivity contribution in [1.82, 2.24) is 0 Å². The van der Waals surface area contributed by atoms with Gasteiger partial charge in [0.15, 0.2) is 0 Å². The molecule has 0 aliphatic heterocycles. The molecule has 0 aromatic carbocycles. The first kappa shape index (κ1) is 25.8. The highest BCUT2D eigenvalue weighted by Crippen LogP contribution is 1.97. The molecule has 0 atom stereocenters. The van der Waals surface area contributed by atoms with E-state index in [0.29, 0.717) is 19.8 Å². The molecule has 0 aliphatic carbocycles. The van der Waals surface area contributed by atoms with Crippen molar-refractivity contribution in [3.63, 3.8) is 0 Å². The minimum atomic E-state index is 0.361. The van der Waals surface area contributed by atoms with Crippen molar-refractivity contribution in [3.05, 3.63) is 0 Å². The van der Waals surface area contributed by atoms with Gasteiger partial charge in [0.1, 0.15) is 0 Å². The lowest BCUT2D eigenvalue weighted by Gasteiger charge is -1.90. The highest BCUT2D eigenvalue weighted by Gasteiger charge is 1.82. The van der Waals surface area contributed by atoms with Crippen molar-refractivity contribution in [2.24, 2.45) is 0 Å². The minimum absolute atomic E-state index is 0.361. The zero-order chi connectivity index (χ0) is 16.6. The molecule has 0 bridgehead atoms. The third kappa shape index (κ3) is 45.0. The van der Waals surface area contributed by atoms with Gasteiger partial charge in [-0.05, 0) is 19.3 Å². The molecule has 21 heavy (non-hydrogen) atoms. The van der Waals surface area contributed by atoms with E-state index >= 15 is 0 Å². The number of rotatable bonds is 12. The minimum Gasteiger partial charge on any atom is -0.396 e. The first-order valence-electron chi connectivity index (χ1n) is 9.07. The van der Waals surface area contributed by atoms with Crippen LogP contribution in [0.15, 0.2) is 0 Å². The summed E-state index contributed by atoms with van der Waals surface area (Å²) in [6.07, 6.45) is 14.0. The fourth-order valence-electron chi connectivity index (χ4n) is 1.62. The third-order valence-corrected chi connectivity index (χ3v) is 3.04. The van der Waals surface area contributed by atoms with Gasteiger partial charge in [0.25, 0.3) is 0 Å². The Morgan fingerprint density at radius 1 is 0.381 bits per heavy atom. The van der Waals surface area contributed by atoms with Crippen LogP contribution in [-0.4, -0.2) is 35.1 Å². The second kappa shape index (κ2) is 32.0. The summed E-state index contributed by atoms with van der Waals surface area (Å²) in [4.78, 5) is 0. The Labute approximate surface area is 133 Å². The Bertz CT molecular complexity index is 93.9. The fraction of sp³-hybridized carbons (Fsp3) is 1.00. The third-order valence-electron chi connectivity index (χ3n) is 3.04. The normalized spacial score (nSPS) is 9.43. The topological polar surface area (TPSA) is 60.7 Å².